The average molecular weight is 344 g/mol. The zero-order valence-electron chi connectivity index (χ0n) is 15.2. The van der Waals surface area contributed by atoms with Gasteiger partial charge in [0.25, 0.3) is 0 Å². The van der Waals surface area contributed by atoms with Crippen LogP contribution in [0.3, 0.4) is 0 Å². The van der Waals surface area contributed by atoms with E-state index in [4.69, 9.17) is 0 Å². The molecule has 0 saturated carbocycles. The summed E-state index contributed by atoms with van der Waals surface area (Å²) in [6.45, 7) is 5.30. The van der Waals surface area contributed by atoms with Crippen LogP contribution in [0.15, 0.2) is 61.2 Å². The SMILES string of the molecule is CCc1ccc(CN2CC[C@@H](c3ccnc(-c4ccncc4)c3)C2)nc1. The van der Waals surface area contributed by atoms with Gasteiger partial charge in [-0.15, -0.1) is 0 Å². The second-order valence-corrected chi connectivity index (χ2v) is 6.94. The molecule has 3 aromatic rings. The number of hydrogen-bond acceptors (Lipinski definition) is 4. The van der Waals surface area contributed by atoms with Gasteiger partial charge in [0.2, 0.25) is 0 Å². The van der Waals surface area contributed by atoms with Crippen LogP contribution in [0.25, 0.3) is 11.3 Å². The maximum atomic E-state index is 4.61. The van der Waals surface area contributed by atoms with E-state index in [2.05, 4.69) is 51.0 Å². The van der Waals surface area contributed by atoms with Crippen molar-refractivity contribution in [1.82, 2.24) is 19.9 Å². The number of hydrogen-bond donors (Lipinski definition) is 0. The van der Waals surface area contributed by atoms with E-state index in [1.807, 2.05) is 36.9 Å². The highest BCUT2D eigenvalue weighted by atomic mass is 15.1. The Morgan fingerprint density at radius 3 is 2.69 bits per heavy atom. The highest BCUT2D eigenvalue weighted by molar-refractivity contribution is 5.59. The lowest BCUT2D eigenvalue weighted by molar-refractivity contribution is 0.322. The molecule has 4 heterocycles. The molecule has 0 unspecified atom stereocenters. The summed E-state index contributed by atoms with van der Waals surface area (Å²) in [7, 11) is 0. The predicted molar refractivity (Wildman–Crippen MR) is 104 cm³/mol. The van der Waals surface area contributed by atoms with Crippen LogP contribution >= 0.6 is 0 Å². The van der Waals surface area contributed by atoms with Crippen molar-refractivity contribution in [3.8, 4) is 11.3 Å². The Hall–Kier alpha value is -2.59. The summed E-state index contributed by atoms with van der Waals surface area (Å²) in [5.41, 5.74) is 5.99. The summed E-state index contributed by atoms with van der Waals surface area (Å²) < 4.78 is 0. The average Bonchev–Trinajstić information content (AvgIpc) is 3.18. The van der Waals surface area contributed by atoms with Gasteiger partial charge in [-0.25, -0.2) is 0 Å². The van der Waals surface area contributed by atoms with Gasteiger partial charge >= 0.3 is 0 Å². The van der Waals surface area contributed by atoms with Crippen LogP contribution in [0.4, 0.5) is 0 Å². The maximum absolute atomic E-state index is 4.61. The van der Waals surface area contributed by atoms with Crippen molar-refractivity contribution >= 4 is 0 Å². The number of nitrogens with zero attached hydrogens (tertiary/aromatic N) is 4. The molecule has 1 aliphatic heterocycles. The number of aromatic nitrogens is 3. The first-order valence-electron chi connectivity index (χ1n) is 9.34. The minimum atomic E-state index is 0.563. The molecule has 1 aliphatic rings. The fraction of sp³-hybridized carbons (Fsp3) is 0.318. The van der Waals surface area contributed by atoms with E-state index in [-0.39, 0.29) is 0 Å². The molecule has 1 atom stereocenters. The van der Waals surface area contributed by atoms with Crippen LogP contribution in [0.5, 0.6) is 0 Å². The molecule has 0 aromatic carbocycles. The van der Waals surface area contributed by atoms with Crippen molar-refractivity contribution in [2.45, 2.75) is 32.2 Å². The largest absolute Gasteiger partial charge is 0.297 e. The molecule has 132 valence electrons. The van der Waals surface area contributed by atoms with Gasteiger partial charge in [-0.1, -0.05) is 13.0 Å². The van der Waals surface area contributed by atoms with Crippen LogP contribution in [0.2, 0.25) is 0 Å². The fourth-order valence-electron chi connectivity index (χ4n) is 3.62. The molecule has 0 aliphatic carbocycles. The quantitative estimate of drug-likeness (QED) is 0.699. The molecule has 3 aromatic heterocycles. The van der Waals surface area contributed by atoms with Crippen molar-refractivity contribution in [2.24, 2.45) is 0 Å². The molecule has 4 rings (SSSR count). The molecule has 0 radical (unpaired) electrons. The third-order valence-electron chi connectivity index (χ3n) is 5.18. The molecule has 26 heavy (non-hydrogen) atoms. The predicted octanol–water partition coefficient (Wildman–Crippen LogP) is 4.09. The number of pyridine rings is 3. The lowest BCUT2D eigenvalue weighted by Crippen LogP contribution is -2.20. The summed E-state index contributed by atoms with van der Waals surface area (Å²) in [6.07, 6.45) is 9.80. The standard InChI is InChI=1S/C22H24N4/c1-2-17-3-4-21(25-14-17)16-26-12-8-20(15-26)19-7-11-24-22(13-19)18-5-9-23-10-6-18/h3-7,9-11,13-14,20H,2,8,12,15-16H2,1H3/t20-/m1/s1. The van der Waals surface area contributed by atoms with E-state index in [9.17, 15) is 0 Å². The summed E-state index contributed by atoms with van der Waals surface area (Å²) >= 11 is 0. The van der Waals surface area contributed by atoms with Crippen LogP contribution in [0, 0.1) is 0 Å². The molecule has 0 bridgehead atoms. The van der Waals surface area contributed by atoms with E-state index in [0.717, 1.165) is 43.0 Å². The van der Waals surface area contributed by atoms with Gasteiger partial charge in [0.1, 0.15) is 0 Å². The Morgan fingerprint density at radius 1 is 1.04 bits per heavy atom. The van der Waals surface area contributed by atoms with Crippen molar-refractivity contribution < 1.29 is 0 Å². The van der Waals surface area contributed by atoms with E-state index < -0.39 is 0 Å². The van der Waals surface area contributed by atoms with Crippen LogP contribution < -0.4 is 0 Å². The second kappa shape index (κ2) is 7.75. The summed E-state index contributed by atoms with van der Waals surface area (Å²) in [5, 5.41) is 0. The van der Waals surface area contributed by atoms with Gasteiger partial charge < -0.3 is 0 Å². The molecule has 4 nitrogen and oxygen atoms in total. The molecule has 4 heteroatoms. The van der Waals surface area contributed by atoms with Crippen LogP contribution in [0.1, 0.15) is 36.1 Å². The second-order valence-electron chi connectivity index (χ2n) is 6.94. The molecule has 1 saturated heterocycles. The maximum Gasteiger partial charge on any atom is 0.0705 e. The lowest BCUT2D eigenvalue weighted by atomic mass is 9.97. The molecule has 1 fully saturated rings. The highest BCUT2D eigenvalue weighted by Crippen LogP contribution is 2.29. The Balaban J connectivity index is 1.43. The Morgan fingerprint density at radius 2 is 1.92 bits per heavy atom. The molecule has 0 N–H and O–H groups in total. The Bertz CT molecular complexity index is 846. The third-order valence-corrected chi connectivity index (χ3v) is 5.18. The van der Waals surface area contributed by atoms with Gasteiger partial charge in [0.15, 0.2) is 0 Å². The van der Waals surface area contributed by atoms with Crippen LogP contribution in [-0.2, 0) is 13.0 Å². The van der Waals surface area contributed by atoms with Gasteiger partial charge in [0, 0.05) is 43.4 Å². The van der Waals surface area contributed by atoms with Crippen LogP contribution in [-0.4, -0.2) is 32.9 Å². The monoisotopic (exact) mass is 344 g/mol. The first-order chi connectivity index (χ1) is 12.8. The number of rotatable bonds is 5. The van der Waals surface area contributed by atoms with Crippen molar-refractivity contribution in [3.05, 3.63) is 78.0 Å². The van der Waals surface area contributed by atoms with E-state index >= 15 is 0 Å². The van der Waals surface area contributed by atoms with Crippen molar-refractivity contribution in [3.63, 3.8) is 0 Å². The first-order valence-corrected chi connectivity index (χ1v) is 9.34. The van der Waals surface area contributed by atoms with Gasteiger partial charge in [-0.05, 0) is 66.8 Å². The summed E-state index contributed by atoms with van der Waals surface area (Å²) in [4.78, 5) is 15.7. The Kier molecular flexibility index (Phi) is 5.02. The number of likely N-dealkylation sites (tertiary alicyclic amines) is 1. The van der Waals surface area contributed by atoms with E-state index in [1.165, 1.54) is 17.5 Å². The molecular weight excluding hydrogens is 320 g/mol. The third kappa shape index (κ3) is 3.81. The molecule has 0 amide bonds. The van der Waals surface area contributed by atoms with Crippen molar-refractivity contribution in [2.75, 3.05) is 13.1 Å². The minimum absolute atomic E-state index is 0.563. The topological polar surface area (TPSA) is 41.9 Å². The van der Waals surface area contributed by atoms with E-state index in [1.54, 1.807) is 0 Å². The first kappa shape index (κ1) is 16.9. The van der Waals surface area contributed by atoms with Gasteiger partial charge in [0.05, 0.1) is 11.4 Å². The lowest BCUT2D eigenvalue weighted by Gasteiger charge is -2.16. The van der Waals surface area contributed by atoms with Gasteiger partial charge in [-0.3, -0.25) is 19.9 Å². The minimum Gasteiger partial charge on any atom is -0.297 e. The Labute approximate surface area is 155 Å². The van der Waals surface area contributed by atoms with Crippen molar-refractivity contribution in [1.29, 1.82) is 0 Å². The highest BCUT2D eigenvalue weighted by Gasteiger charge is 2.24. The zero-order chi connectivity index (χ0) is 17.8. The van der Waals surface area contributed by atoms with Gasteiger partial charge in [-0.2, -0.15) is 0 Å². The van der Waals surface area contributed by atoms with E-state index in [0.29, 0.717) is 5.92 Å². The summed E-state index contributed by atoms with van der Waals surface area (Å²) in [5.74, 6) is 0.563. The summed E-state index contributed by atoms with van der Waals surface area (Å²) in [6, 6.07) is 12.8. The smallest absolute Gasteiger partial charge is 0.0705 e. The molecule has 0 spiro atoms. The molecular formula is C22H24N4. The normalized spacial score (nSPS) is 17.5. The number of aryl methyl sites for hydroxylation is 1. The fourth-order valence-corrected chi connectivity index (χ4v) is 3.62. The zero-order valence-corrected chi connectivity index (χ0v) is 15.2.